The van der Waals surface area contributed by atoms with Gasteiger partial charge in [-0.25, -0.2) is 8.42 Å². The van der Waals surface area contributed by atoms with Gasteiger partial charge in [-0.3, -0.25) is 9.10 Å². The molecular formula is C28H34N2O5S. The molecule has 0 aliphatic carbocycles. The van der Waals surface area contributed by atoms with E-state index in [0.29, 0.717) is 17.2 Å². The van der Waals surface area contributed by atoms with E-state index in [4.69, 9.17) is 9.47 Å². The minimum atomic E-state index is -3.98. The standard InChI is InChI=1S/C28H34N2O5S/c1-19(2)35-26-14-11-23(16-27(26)34-6)17-29-28(31)18-30(25-15-21(4)7-10-22(25)5)36(32,33)24-12-8-20(3)9-13-24/h7-16,19H,17-18H2,1-6H3,(H,29,31). The van der Waals surface area contributed by atoms with Crippen molar-refractivity contribution < 1.29 is 22.7 Å². The van der Waals surface area contributed by atoms with Crippen molar-refractivity contribution in [1.82, 2.24) is 5.32 Å². The van der Waals surface area contributed by atoms with E-state index in [0.717, 1.165) is 22.3 Å². The lowest BCUT2D eigenvalue weighted by Gasteiger charge is -2.26. The summed E-state index contributed by atoms with van der Waals surface area (Å²) in [7, 11) is -2.42. The van der Waals surface area contributed by atoms with Crippen LogP contribution in [0.2, 0.25) is 0 Å². The lowest BCUT2D eigenvalue weighted by Crippen LogP contribution is -2.41. The number of nitrogens with one attached hydrogen (secondary N) is 1. The Morgan fingerprint density at radius 2 is 1.58 bits per heavy atom. The molecule has 7 nitrogen and oxygen atoms in total. The van der Waals surface area contributed by atoms with E-state index in [2.05, 4.69) is 5.32 Å². The molecule has 0 spiro atoms. The third-order valence-corrected chi connectivity index (χ3v) is 7.38. The molecule has 3 aromatic rings. The van der Waals surface area contributed by atoms with Gasteiger partial charge in [-0.2, -0.15) is 0 Å². The van der Waals surface area contributed by atoms with E-state index in [1.165, 1.54) is 4.31 Å². The van der Waals surface area contributed by atoms with Crippen LogP contribution in [0.25, 0.3) is 0 Å². The Morgan fingerprint density at radius 1 is 0.917 bits per heavy atom. The van der Waals surface area contributed by atoms with Crippen LogP contribution in [0.3, 0.4) is 0 Å². The summed E-state index contributed by atoms with van der Waals surface area (Å²) in [5.74, 6) is 0.760. The number of sulfonamides is 1. The fourth-order valence-corrected chi connectivity index (χ4v) is 5.16. The van der Waals surface area contributed by atoms with Gasteiger partial charge in [0, 0.05) is 6.54 Å². The Morgan fingerprint density at radius 3 is 2.22 bits per heavy atom. The van der Waals surface area contributed by atoms with E-state index in [-0.39, 0.29) is 24.1 Å². The van der Waals surface area contributed by atoms with E-state index < -0.39 is 15.9 Å². The van der Waals surface area contributed by atoms with Gasteiger partial charge < -0.3 is 14.8 Å². The molecule has 0 unspecified atom stereocenters. The lowest BCUT2D eigenvalue weighted by atomic mass is 10.1. The van der Waals surface area contributed by atoms with Crippen molar-refractivity contribution in [2.45, 2.75) is 52.2 Å². The lowest BCUT2D eigenvalue weighted by molar-refractivity contribution is -0.119. The fourth-order valence-electron chi connectivity index (χ4n) is 3.69. The van der Waals surface area contributed by atoms with Crippen LogP contribution in [0.4, 0.5) is 5.69 Å². The zero-order valence-corrected chi connectivity index (χ0v) is 22.5. The van der Waals surface area contributed by atoms with Crippen molar-refractivity contribution in [2.75, 3.05) is 18.0 Å². The maximum atomic E-state index is 13.6. The van der Waals surface area contributed by atoms with Gasteiger partial charge >= 0.3 is 0 Å². The Bertz CT molecular complexity index is 1320. The highest BCUT2D eigenvalue weighted by Crippen LogP contribution is 2.30. The number of rotatable bonds is 10. The van der Waals surface area contributed by atoms with E-state index >= 15 is 0 Å². The molecule has 1 N–H and O–H groups in total. The van der Waals surface area contributed by atoms with Crippen molar-refractivity contribution >= 4 is 21.6 Å². The van der Waals surface area contributed by atoms with Crippen molar-refractivity contribution in [3.05, 3.63) is 82.9 Å². The number of carbonyl (C=O) groups is 1. The van der Waals surface area contributed by atoms with Crippen LogP contribution < -0.4 is 19.1 Å². The Kier molecular flexibility index (Phi) is 8.63. The topological polar surface area (TPSA) is 84.9 Å². The van der Waals surface area contributed by atoms with Gasteiger partial charge in [0.1, 0.15) is 6.54 Å². The summed E-state index contributed by atoms with van der Waals surface area (Å²) < 4.78 is 39.6. The first kappa shape index (κ1) is 27.1. The van der Waals surface area contributed by atoms with Crippen molar-refractivity contribution in [1.29, 1.82) is 0 Å². The molecule has 0 saturated heterocycles. The van der Waals surface area contributed by atoms with E-state index in [1.807, 2.05) is 52.8 Å². The molecule has 3 rings (SSSR count). The molecule has 3 aromatic carbocycles. The van der Waals surface area contributed by atoms with E-state index in [9.17, 15) is 13.2 Å². The predicted molar refractivity (Wildman–Crippen MR) is 142 cm³/mol. The summed E-state index contributed by atoms with van der Waals surface area (Å²) in [5.41, 5.74) is 3.88. The number of aryl methyl sites for hydroxylation is 3. The van der Waals surface area contributed by atoms with Gasteiger partial charge in [-0.05, 0) is 81.6 Å². The van der Waals surface area contributed by atoms with Crippen LogP contribution in [-0.4, -0.2) is 34.1 Å². The SMILES string of the molecule is COc1cc(CNC(=O)CN(c2cc(C)ccc2C)S(=O)(=O)c2ccc(C)cc2)ccc1OC(C)C. The number of anilines is 1. The third kappa shape index (κ3) is 6.57. The predicted octanol–water partition coefficient (Wildman–Crippen LogP) is 4.92. The minimum Gasteiger partial charge on any atom is -0.493 e. The molecular weight excluding hydrogens is 476 g/mol. The molecule has 0 aliphatic heterocycles. The first-order valence-corrected chi connectivity index (χ1v) is 13.2. The molecule has 0 radical (unpaired) electrons. The number of ether oxygens (including phenoxy) is 2. The van der Waals surface area contributed by atoms with Gasteiger partial charge in [0.2, 0.25) is 5.91 Å². The second-order valence-corrected chi connectivity index (χ2v) is 10.9. The largest absolute Gasteiger partial charge is 0.493 e. The molecule has 0 atom stereocenters. The Labute approximate surface area is 214 Å². The molecule has 0 aromatic heterocycles. The molecule has 36 heavy (non-hydrogen) atoms. The quantitative estimate of drug-likeness (QED) is 0.419. The maximum absolute atomic E-state index is 13.6. The average Bonchev–Trinajstić information content (AvgIpc) is 2.83. The number of carbonyl (C=O) groups excluding carboxylic acids is 1. The zero-order valence-electron chi connectivity index (χ0n) is 21.7. The van der Waals surface area contributed by atoms with Crippen molar-refractivity contribution in [3.8, 4) is 11.5 Å². The van der Waals surface area contributed by atoms with Crippen molar-refractivity contribution in [3.63, 3.8) is 0 Å². The van der Waals surface area contributed by atoms with Gasteiger partial charge in [-0.1, -0.05) is 35.9 Å². The minimum absolute atomic E-state index is 0.00371. The molecule has 0 heterocycles. The summed E-state index contributed by atoms with van der Waals surface area (Å²) in [6.07, 6.45) is -0.00371. The number of nitrogens with zero attached hydrogens (tertiary/aromatic N) is 1. The van der Waals surface area contributed by atoms with Gasteiger partial charge in [0.05, 0.1) is 23.8 Å². The highest BCUT2D eigenvalue weighted by Gasteiger charge is 2.28. The summed E-state index contributed by atoms with van der Waals surface area (Å²) >= 11 is 0. The van der Waals surface area contributed by atoms with Crippen LogP contribution in [-0.2, 0) is 21.4 Å². The summed E-state index contributed by atoms with van der Waals surface area (Å²) in [6.45, 7) is 9.33. The first-order chi connectivity index (χ1) is 17.0. The Hall–Kier alpha value is -3.52. The number of benzene rings is 3. The Balaban J connectivity index is 1.85. The van der Waals surface area contributed by atoms with Crippen LogP contribution in [0.5, 0.6) is 11.5 Å². The van der Waals surface area contributed by atoms with Crippen molar-refractivity contribution in [2.24, 2.45) is 0 Å². The molecule has 8 heteroatoms. The van der Waals surface area contributed by atoms with Crippen LogP contribution >= 0.6 is 0 Å². The van der Waals surface area contributed by atoms with E-state index in [1.54, 1.807) is 49.6 Å². The van der Waals surface area contributed by atoms with Gasteiger partial charge in [-0.15, -0.1) is 0 Å². The van der Waals surface area contributed by atoms with Crippen LogP contribution in [0.1, 0.15) is 36.1 Å². The highest BCUT2D eigenvalue weighted by atomic mass is 32.2. The molecule has 0 aliphatic rings. The summed E-state index contributed by atoms with van der Waals surface area (Å²) in [6, 6.07) is 17.6. The molecule has 0 saturated carbocycles. The second kappa shape index (κ2) is 11.5. The van der Waals surface area contributed by atoms with Gasteiger partial charge in [0.25, 0.3) is 10.0 Å². The fraction of sp³-hybridized carbons (Fsp3) is 0.321. The summed E-state index contributed by atoms with van der Waals surface area (Å²) in [4.78, 5) is 13.2. The smallest absolute Gasteiger partial charge is 0.264 e. The molecule has 0 fully saturated rings. The molecule has 192 valence electrons. The zero-order chi connectivity index (χ0) is 26.5. The number of methoxy groups -OCH3 is 1. The number of amides is 1. The number of hydrogen-bond acceptors (Lipinski definition) is 5. The van der Waals surface area contributed by atoms with Crippen LogP contribution in [0.15, 0.2) is 65.6 Å². The highest BCUT2D eigenvalue weighted by molar-refractivity contribution is 7.92. The van der Waals surface area contributed by atoms with Crippen LogP contribution in [0, 0.1) is 20.8 Å². The summed E-state index contributed by atoms with van der Waals surface area (Å²) in [5, 5.41) is 2.84. The molecule has 1 amide bonds. The van der Waals surface area contributed by atoms with Gasteiger partial charge in [0.15, 0.2) is 11.5 Å². The number of hydrogen-bond donors (Lipinski definition) is 1. The first-order valence-electron chi connectivity index (χ1n) is 11.8. The average molecular weight is 511 g/mol. The second-order valence-electron chi connectivity index (χ2n) is 9.04. The third-order valence-electron chi connectivity index (χ3n) is 5.61. The maximum Gasteiger partial charge on any atom is 0.264 e. The monoisotopic (exact) mass is 510 g/mol. The normalized spacial score (nSPS) is 11.3. The molecule has 0 bridgehead atoms.